The van der Waals surface area contributed by atoms with Crippen LogP contribution in [0.1, 0.15) is 5.56 Å². The molecule has 0 aliphatic heterocycles. The Morgan fingerprint density at radius 2 is 2.12 bits per heavy atom. The first-order valence-electron chi connectivity index (χ1n) is 5.25. The van der Waals surface area contributed by atoms with Gasteiger partial charge in [-0.2, -0.15) is 0 Å². The molecule has 0 amide bonds. The molecule has 0 saturated carbocycles. The lowest BCUT2D eigenvalue weighted by Gasteiger charge is -2.16. The molecule has 0 aliphatic rings. The molecule has 0 fully saturated rings. The van der Waals surface area contributed by atoms with Crippen LogP contribution >= 0.6 is 12.2 Å². The summed E-state index contributed by atoms with van der Waals surface area (Å²) in [5.41, 5.74) is 1.12. The normalized spacial score (nSPS) is 9.59. The quantitative estimate of drug-likeness (QED) is 0.606. The molecule has 0 N–H and O–H groups in total. The molecule has 0 unspecified atom stereocenters. The van der Waals surface area contributed by atoms with E-state index in [1.807, 2.05) is 38.4 Å². The third-order valence-corrected chi connectivity index (χ3v) is 2.62. The van der Waals surface area contributed by atoms with E-state index in [4.69, 9.17) is 21.7 Å². The second kappa shape index (κ2) is 6.25. The van der Waals surface area contributed by atoms with Crippen LogP contribution in [0.5, 0.6) is 11.5 Å². The molecule has 0 heterocycles. The summed E-state index contributed by atoms with van der Waals surface area (Å²) in [6.45, 7) is 3.71. The number of ether oxygens (including phenoxy) is 2. The minimum Gasteiger partial charge on any atom is -0.493 e. The first-order chi connectivity index (χ1) is 8.08. The van der Waals surface area contributed by atoms with Crippen LogP contribution in [0, 0.1) is 0 Å². The SMILES string of the molecule is C=CCc1ccc(OC(=S)N(C)C)c(OC)c1. The molecule has 0 spiro atoms. The molecule has 0 aliphatic carbocycles. The molecular weight excluding hydrogens is 234 g/mol. The highest BCUT2D eigenvalue weighted by atomic mass is 32.1. The first kappa shape index (κ1) is 13.5. The van der Waals surface area contributed by atoms with E-state index in [0.717, 1.165) is 12.0 Å². The van der Waals surface area contributed by atoms with Gasteiger partial charge in [-0.05, 0) is 36.3 Å². The summed E-state index contributed by atoms with van der Waals surface area (Å²) in [5, 5.41) is 0.403. The second-order valence-electron chi connectivity index (χ2n) is 3.74. The smallest absolute Gasteiger partial charge is 0.264 e. The van der Waals surface area contributed by atoms with Gasteiger partial charge in [0.15, 0.2) is 11.5 Å². The Morgan fingerprint density at radius 1 is 1.41 bits per heavy atom. The number of hydrogen-bond donors (Lipinski definition) is 0. The van der Waals surface area contributed by atoms with Crippen molar-refractivity contribution in [1.29, 1.82) is 0 Å². The zero-order valence-corrected chi connectivity index (χ0v) is 11.2. The summed E-state index contributed by atoms with van der Waals surface area (Å²) in [6.07, 6.45) is 2.65. The van der Waals surface area contributed by atoms with E-state index >= 15 is 0 Å². The maximum atomic E-state index is 5.54. The lowest BCUT2D eigenvalue weighted by atomic mass is 10.1. The highest BCUT2D eigenvalue weighted by molar-refractivity contribution is 7.80. The summed E-state index contributed by atoms with van der Waals surface area (Å²) < 4.78 is 10.8. The van der Waals surface area contributed by atoms with Crippen molar-refractivity contribution in [3.63, 3.8) is 0 Å². The van der Waals surface area contributed by atoms with Gasteiger partial charge >= 0.3 is 0 Å². The molecule has 0 saturated heterocycles. The van der Waals surface area contributed by atoms with Crippen LogP contribution in [-0.4, -0.2) is 31.3 Å². The summed E-state index contributed by atoms with van der Waals surface area (Å²) in [4.78, 5) is 1.73. The molecule has 92 valence electrons. The minimum absolute atomic E-state index is 0.403. The third-order valence-electron chi connectivity index (χ3n) is 2.17. The van der Waals surface area contributed by atoms with Crippen LogP contribution in [0.2, 0.25) is 0 Å². The van der Waals surface area contributed by atoms with E-state index in [2.05, 4.69) is 6.58 Å². The van der Waals surface area contributed by atoms with Gasteiger partial charge in [0.05, 0.1) is 7.11 Å². The molecule has 0 radical (unpaired) electrons. The maximum absolute atomic E-state index is 5.54. The Bertz CT molecular complexity index is 416. The molecule has 3 nitrogen and oxygen atoms in total. The Kier molecular flexibility index (Phi) is 4.97. The fourth-order valence-corrected chi connectivity index (χ4v) is 1.37. The van der Waals surface area contributed by atoms with Gasteiger partial charge in [0, 0.05) is 14.1 Å². The molecule has 17 heavy (non-hydrogen) atoms. The van der Waals surface area contributed by atoms with E-state index in [-0.39, 0.29) is 0 Å². The number of allylic oxidation sites excluding steroid dienone is 1. The predicted octanol–water partition coefficient (Wildman–Crippen LogP) is 2.65. The highest BCUT2D eigenvalue weighted by Crippen LogP contribution is 2.28. The molecule has 0 bridgehead atoms. The van der Waals surface area contributed by atoms with E-state index in [1.165, 1.54) is 0 Å². The molecule has 4 heteroatoms. The van der Waals surface area contributed by atoms with Gasteiger partial charge in [-0.3, -0.25) is 0 Å². The molecule has 0 aromatic heterocycles. The average Bonchev–Trinajstić information content (AvgIpc) is 2.31. The van der Waals surface area contributed by atoms with Gasteiger partial charge < -0.3 is 14.4 Å². The van der Waals surface area contributed by atoms with Crippen molar-refractivity contribution in [3.05, 3.63) is 36.4 Å². The fourth-order valence-electron chi connectivity index (χ4n) is 1.28. The molecular formula is C13H17NO2S. The minimum atomic E-state index is 0.403. The highest BCUT2D eigenvalue weighted by Gasteiger charge is 2.09. The van der Waals surface area contributed by atoms with E-state index in [1.54, 1.807) is 12.0 Å². The Labute approximate surface area is 108 Å². The van der Waals surface area contributed by atoms with Crippen molar-refractivity contribution in [2.24, 2.45) is 0 Å². The summed E-state index contributed by atoms with van der Waals surface area (Å²) >= 11 is 5.08. The van der Waals surface area contributed by atoms with Crippen LogP contribution in [-0.2, 0) is 6.42 Å². The predicted molar refractivity (Wildman–Crippen MR) is 73.8 cm³/mol. The van der Waals surface area contributed by atoms with Gasteiger partial charge in [-0.25, -0.2) is 0 Å². The number of benzene rings is 1. The van der Waals surface area contributed by atoms with Gasteiger partial charge in [0.1, 0.15) is 0 Å². The standard InChI is InChI=1S/C13H17NO2S/c1-5-6-10-7-8-11(12(9-10)15-4)16-13(17)14(2)3/h5,7-9H,1,6H2,2-4H3. The van der Waals surface area contributed by atoms with E-state index in [9.17, 15) is 0 Å². The third kappa shape index (κ3) is 3.75. The van der Waals surface area contributed by atoms with Gasteiger partial charge in [0.25, 0.3) is 5.17 Å². The monoisotopic (exact) mass is 251 g/mol. The second-order valence-corrected chi connectivity index (χ2v) is 4.09. The van der Waals surface area contributed by atoms with Crippen molar-refractivity contribution in [2.75, 3.05) is 21.2 Å². The summed E-state index contributed by atoms with van der Waals surface area (Å²) in [6, 6.07) is 5.75. The van der Waals surface area contributed by atoms with Crippen molar-refractivity contribution < 1.29 is 9.47 Å². The lowest BCUT2D eigenvalue weighted by Crippen LogP contribution is -2.25. The van der Waals surface area contributed by atoms with Crippen LogP contribution in [0.15, 0.2) is 30.9 Å². The lowest BCUT2D eigenvalue weighted by molar-refractivity contribution is 0.377. The summed E-state index contributed by atoms with van der Waals surface area (Å²) in [7, 11) is 5.28. The summed E-state index contributed by atoms with van der Waals surface area (Å²) in [5.74, 6) is 1.30. The molecule has 1 aromatic rings. The van der Waals surface area contributed by atoms with E-state index in [0.29, 0.717) is 16.7 Å². The van der Waals surface area contributed by atoms with E-state index < -0.39 is 0 Å². The molecule has 1 rings (SSSR count). The van der Waals surface area contributed by atoms with Gasteiger partial charge in [0.2, 0.25) is 0 Å². The molecule has 1 aromatic carbocycles. The first-order valence-corrected chi connectivity index (χ1v) is 5.66. The number of hydrogen-bond acceptors (Lipinski definition) is 3. The van der Waals surface area contributed by atoms with Gasteiger partial charge in [-0.1, -0.05) is 12.1 Å². The number of thiocarbonyl (C=S) groups is 1. The maximum Gasteiger partial charge on any atom is 0.264 e. The van der Waals surface area contributed by atoms with Crippen molar-refractivity contribution >= 4 is 17.4 Å². The van der Waals surface area contributed by atoms with Crippen molar-refractivity contribution in [1.82, 2.24) is 4.90 Å². The number of nitrogens with zero attached hydrogens (tertiary/aromatic N) is 1. The van der Waals surface area contributed by atoms with Crippen LogP contribution in [0.25, 0.3) is 0 Å². The fraction of sp³-hybridized carbons (Fsp3) is 0.308. The zero-order valence-electron chi connectivity index (χ0n) is 10.4. The van der Waals surface area contributed by atoms with Crippen LogP contribution in [0.3, 0.4) is 0 Å². The van der Waals surface area contributed by atoms with Crippen LogP contribution < -0.4 is 9.47 Å². The Morgan fingerprint density at radius 3 is 2.65 bits per heavy atom. The van der Waals surface area contributed by atoms with Gasteiger partial charge in [-0.15, -0.1) is 6.58 Å². The number of methoxy groups -OCH3 is 1. The topological polar surface area (TPSA) is 21.7 Å². The van der Waals surface area contributed by atoms with Crippen molar-refractivity contribution in [3.8, 4) is 11.5 Å². The Balaban J connectivity index is 2.92. The largest absolute Gasteiger partial charge is 0.493 e. The molecule has 0 atom stereocenters. The number of rotatable bonds is 4. The van der Waals surface area contributed by atoms with Crippen LogP contribution in [0.4, 0.5) is 0 Å². The van der Waals surface area contributed by atoms with Crippen molar-refractivity contribution in [2.45, 2.75) is 6.42 Å². The Hall–Kier alpha value is -1.55. The average molecular weight is 251 g/mol. The zero-order chi connectivity index (χ0) is 12.8.